The Hall–Kier alpha value is -2.01. The first-order valence-electron chi connectivity index (χ1n) is 13.3. The number of nitrogens with zero attached hydrogens (tertiary/aromatic N) is 1. The highest BCUT2D eigenvalue weighted by Gasteiger charge is 2.29. The zero-order chi connectivity index (χ0) is 26.3. The average Bonchev–Trinajstić information content (AvgIpc) is 3.32. The van der Waals surface area contributed by atoms with Crippen molar-refractivity contribution in [3.05, 3.63) is 82.0 Å². The van der Waals surface area contributed by atoms with Gasteiger partial charge < -0.3 is 14.1 Å². The first-order valence-corrected chi connectivity index (χ1v) is 14.0. The average molecular weight is 535 g/mol. The van der Waals surface area contributed by atoms with Crippen molar-refractivity contribution in [2.24, 2.45) is 5.92 Å². The molecule has 6 heteroatoms. The van der Waals surface area contributed by atoms with Gasteiger partial charge in [-0.05, 0) is 43.4 Å². The fourth-order valence-electron chi connectivity index (χ4n) is 4.44. The monoisotopic (exact) mass is 533 g/mol. The second-order valence-corrected chi connectivity index (χ2v) is 10.1. The van der Waals surface area contributed by atoms with Gasteiger partial charge in [0.25, 0.3) is 0 Å². The third kappa shape index (κ3) is 10.2. The summed E-state index contributed by atoms with van der Waals surface area (Å²) in [4.78, 5) is 5.92. The summed E-state index contributed by atoms with van der Waals surface area (Å²) in [5.41, 5.74) is 1.34. The van der Waals surface area contributed by atoms with Crippen LogP contribution in [0.4, 0.5) is 0 Å². The van der Waals surface area contributed by atoms with Gasteiger partial charge in [0.15, 0.2) is 0 Å². The van der Waals surface area contributed by atoms with Crippen LogP contribution in [0.2, 0.25) is 10.0 Å². The minimum atomic E-state index is 0.329. The van der Waals surface area contributed by atoms with Crippen molar-refractivity contribution < 1.29 is 14.1 Å². The lowest BCUT2D eigenvalue weighted by Gasteiger charge is -2.28. The Kier molecular flexibility index (Phi) is 14.0. The van der Waals surface area contributed by atoms with Gasteiger partial charge >= 0.3 is 0 Å². The molecule has 1 fully saturated rings. The smallest absolute Gasteiger partial charge is 0.202 e. The number of halogens is 2. The first kappa shape index (κ1) is 30.2. The van der Waals surface area contributed by atoms with E-state index in [1.807, 2.05) is 33.0 Å². The highest BCUT2D eigenvalue weighted by Crippen LogP contribution is 2.40. The summed E-state index contributed by atoms with van der Waals surface area (Å²) < 4.78 is 11.4. The number of ether oxygens (including phenoxy) is 1. The van der Waals surface area contributed by atoms with E-state index in [0.717, 1.165) is 30.4 Å². The van der Waals surface area contributed by atoms with Crippen LogP contribution >= 0.6 is 23.2 Å². The maximum atomic E-state index is 5.86. The van der Waals surface area contributed by atoms with Crippen LogP contribution in [0.5, 0.6) is 5.75 Å². The summed E-state index contributed by atoms with van der Waals surface area (Å²) in [6.45, 7) is 7.78. The molecule has 0 aliphatic heterocycles. The number of hydrogen-bond acceptors (Lipinski definition) is 3. The number of quaternary nitrogens is 1. The van der Waals surface area contributed by atoms with Crippen LogP contribution < -0.4 is 9.64 Å². The van der Waals surface area contributed by atoms with E-state index in [0.29, 0.717) is 28.5 Å². The van der Waals surface area contributed by atoms with E-state index in [2.05, 4.69) is 49.4 Å². The summed E-state index contributed by atoms with van der Waals surface area (Å²) in [5.74, 6) is 3.59. The third-order valence-corrected chi connectivity index (χ3v) is 6.91. The Morgan fingerprint density at radius 1 is 1.00 bits per heavy atom. The van der Waals surface area contributed by atoms with E-state index < -0.39 is 0 Å². The molecule has 0 amide bonds. The molecule has 1 atom stereocenters. The van der Waals surface area contributed by atoms with Gasteiger partial charge in [-0.2, -0.15) is 0 Å². The van der Waals surface area contributed by atoms with Gasteiger partial charge in [-0.3, -0.25) is 0 Å². The Balaban J connectivity index is 0.000000244. The van der Waals surface area contributed by atoms with Crippen molar-refractivity contribution in [1.29, 1.82) is 0 Å². The molecule has 4 nitrogen and oxygen atoms in total. The van der Waals surface area contributed by atoms with E-state index in [4.69, 9.17) is 32.4 Å². The van der Waals surface area contributed by atoms with E-state index in [1.165, 1.54) is 42.6 Å². The van der Waals surface area contributed by atoms with Crippen LogP contribution in [0.25, 0.3) is 0 Å². The van der Waals surface area contributed by atoms with Crippen molar-refractivity contribution >= 4 is 23.2 Å². The Morgan fingerprint density at radius 3 is 2.28 bits per heavy atom. The van der Waals surface area contributed by atoms with Gasteiger partial charge in [0.05, 0.1) is 49.4 Å². The lowest BCUT2D eigenvalue weighted by atomic mass is 9.77. The Morgan fingerprint density at radius 2 is 1.69 bits per heavy atom. The molecule has 0 spiro atoms. The van der Waals surface area contributed by atoms with Gasteiger partial charge in [-0.1, -0.05) is 86.6 Å². The largest absolute Gasteiger partial charge is 0.493 e. The molecule has 1 saturated carbocycles. The molecule has 1 unspecified atom stereocenters. The minimum Gasteiger partial charge on any atom is -0.493 e. The van der Waals surface area contributed by atoms with Crippen molar-refractivity contribution in [3.63, 3.8) is 0 Å². The fraction of sp³-hybridized carbons (Fsp3) is 0.500. The number of aromatic nitrogens is 1. The van der Waals surface area contributed by atoms with Gasteiger partial charge in [-0.25, -0.2) is 4.98 Å². The number of aryl methyl sites for hydroxylation is 1. The van der Waals surface area contributed by atoms with E-state index in [-0.39, 0.29) is 0 Å². The SMILES string of the molecule is CC.C[NH+](C)CCCOc1ccc(Cl)c(Cl)c1.Cc1cnc(C(c2ccccc2)C2CCCCC2)o1. The molecule has 0 bridgehead atoms. The summed E-state index contributed by atoms with van der Waals surface area (Å²) in [6.07, 6.45) is 9.52. The van der Waals surface area contributed by atoms with Gasteiger partial charge in [0.1, 0.15) is 11.5 Å². The van der Waals surface area contributed by atoms with Crippen molar-refractivity contribution in [1.82, 2.24) is 4.98 Å². The molecule has 1 aliphatic carbocycles. The molecule has 1 heterocycles. The molecule has 2 aromatic carbocycles. The van der Waals surface area contributed by atoms with Crippen LogP contribution in [-0.4, -0.2) is 32.2 Å². The molecule has 36 heavy (non-hydrogen) atoms. The standard InChI is InChI=1S/C17H21NO.C11H15Cl2NO.C2H6/c1-13-12-18-17(19-13)16(14-8-4-2-5-9-14)15-10-6-3-7-11-15;1-14(2)6-3-7-15-9-4-5-10(12)11(13)8-9;1-2/h2,4-5,8-9,12,15-16H,3,6-7,10-11H2,1H3;4-5,8H,3,6-7H2,1-2H3;1-2H3/p+1. The summed E-state index contributed by atoms with van der Waals surface area (Å²) in [6, 6.07) is 16.0. The van der Waals surface area contributed by atoms with Crippen molar-refractivity contribution in [2.45, 2.75) is 65.2 Å². The van der Waals surface area contributed by atoms with Gasteiger partial charge in [0, 0.05) is 12.5 Å². The van der Waals surface area contributed by atoms with Gasteiger partial charge in [0.2, 0.25) is 5.89 Å². The fourth-order valence-corrected chi connectivity index (χ4v) is 4.73. The number of benzene rings is 2. The summed E-state index contributed by atoms with van der Waals surface area (Å²) >= 11 is 11.7. The van der Waals surface area contributed by atoms with E-state index in [9.17, 15) is 0 Å². The quantitative estimate of drug-likeness (QED) is 0.302. The molecule has 3 aromatic rings. The van der Waals surface area contributed by atoms with Crippen molar-refractivity contribution in [2.75, 3.05) is 27.2 Å². The minimum absolute atomic E-state index is 0.329. The second-order valence-electron chi connectivity index (χ2n) is 9.33. The zero-order valence-electron chi connectivity index (χ0n) is 22.5. The number of rotatable bonds is 8. The molecule has 4 rings (SSSR count). The summed E-state index contributed by atoms with van der Waals surface area (Å²) in [5, 5.41) is 1.09. The van der Waals surface area contributed by atoms with E-state index >= 15 is 0 Å². The number of nitrogens with one attached hydrogen (secondary N) is 1. The molecule has 0 radical (unpaired) electrons. The number of hydrogen-bond donors (Lipinski definition) is 1. The zero-order valence-corrected chi connectivity index (χ0v) is 24.0. The predicted molar refractivity (Wildman–Crippen MR) is 152 cm³/mol. The number of oxazole rings is 1. The third-order valence-electron chi connectivity index (χ3n) is 6.17. The molecule has 1 N–H and O–H groups in total. The second kappa shape index (κ2) is 16.7. The summed E-state index contributed by atoms with van der Waals surface area (Å²) in [7, 11) is 4.25. The van der Waals surface area contributed by atoms with Crippen LogP contribution in [0.3, 0.4) is 0 Å². The molecule has 0 saturated heterocycles. The first-order chi connectivity index (χ1) is 17.4. The lowest BCUT2D eigenvalue weighted by molar-refractivity contribution is -0.858. The molecule has 1 aliphatic rings. The van der Waals surface area contributed by atoms with Crippen LogP contribution in [0.1, 0.15) is 75.5 Å². The van der Waals surface area contributed by atoms with E-state index in [1.54, 1.807) is 12.1 Å². The Bertz CT molecular complexity index is 986. The van der Waals surface area contributed by atoms with Crippen LogP contribution in [0, 0.1) is 12.8 Å². The highest BCUT2D eigenvalue weighted by atomic mass is 35.5. The molecule has 1 aromatic heterocycles. The Labute approximate surface area is 228 Å². The topological polar surface area (TPSA) is 39.7 Å². The maximum absolute atomic E-state index is 5.86. The van der Waals surface area contributed by atoms with Crippen molar-refractivity contribution in [3.8, 4) is 5.75 Å². The van der Waals surface area contributed by atoms with Crippen LogP contribution in [0.15, 0.2) is 59.1 Å². The predicted octanol–water partition coefficient (Wildman–Crippen LogP) is 7.63. The molecular weight excluding hydrogens is 491 g/mol. The lowest BCUT2D eigenvalue weighted by Crippen LogP contribution is -3.05. The molecule has 198 valence electrons. The van der Waals surface area contributed by atoms with Gasteiger partial charge in [-0.15, -0.1) is 0 Å². The highest BCUT2D eigenvalue weighted by molar-refractivity contribution is 6.42. The molecular formula is C30H43Cl2N2O2+. The maximum Gasteiger partial charge on any atom is 0.202 e. The van der Waals surface area contributed by atoms with Crippen LogP contribution in [-0.2, 0) is 0 Å². The normalized spacial score (nSPS) is 14.3.